The Morgan fingerprint density at radius 3 is 2.71 bits per heavy atom. The lowest BCUT2D eigenvalue weighted by Gasteiger charge is -2.26. The van der Waals surface area contributed by atoms with E-state index in [0.717, 1.165) is 36.4 Å². The number of hydrogen-bond donors (Lipinski definition) is 1. The van der Waals surface area contributed by atoms with E-state index in [1.54, 1.807) is 18.2 Å². The van der Waals surface area contributed by atoms with Crippen LogP contribution in [0.5, 0.6) is 11.5 Å². The normalized spacial score (nSPS) is 18.7. The van der Waals surface area contributed by atoms with Gasteiger partial charge in [0.25, 0.3) is 0 Å². The number of fused-ring (bicyclic) bond motifs is 1. The molecular weight excluding hydrogens is 356 g/mol. The van der Waals surface area contributed by atoms with Crippen LogP contribution < -0.4 is 14.8 Å². The number of amides is 1. The molecule has 2 heterocycles. The third-order valence-corrected chi connectivity index (χ3v) is 5.24. The first kappa shape index (κ1) is 18.5. The Morgan fingerprint density at radius 2 is 1.89 bits per heavy atom. The van der Waals surface area contributed by atoms with Crippen LogP contribution >= 0.6 is 0 Å². The minimum Gasteiger partial charge on any atom is -0.486 e. The SMILES string of the molecule is CC(=O)c1ccccc1NC(=O)CN1CCCC1c1ccc2c(c1)OCCO2. The number of benzene rings is 2. The lowest BCUT2D eigenvalue weighted by molar-refractivity contribution is -0.117. The molecule has 1 atom stereocenters. The van der Waals surface area contributed by atoms with E-state index in [0.29, 0.717) is 24.5 Å². The summed E-state index contributed by atoms with van der Waals surface area (Å²) in [6.07, 6.45) is 2.04. The molecule has 1 N–H and O–H groups in total. The number of nitrogens with one attached hydrogen (secondary N) is 1. The molecule has 0 saturated carbocycles. The molecule has 6 nitrogen and oxygen atoms in total. The van der Waals surface area contributed by atoms with Gasteiger partial charge < -0.3 is 14.8 Å². The number of hydrogen-bond acceptors (Lipinski definition) is 5. The largest absolute Gasteiger partial charge is 0.486 e. The fourth-order valence-electron chi connectivity index (χ4n) is 3.93. The maximum Gasteiger partial charge on any atom is 0.238 e. The molecule has 4 rings (SSSR count). The molecule has 2 aliphatic heterocycles. The van der Waals surface area contributed by atoms with Gasteiger partial charge >= 0.3 is 0 Å². The Hall–Kier alpha value is -2.86. The van der Waals surface area contributed by atoms with Crippen molar-refractivity contribution in [2.24, 2.45) is 0 Å². The summed E-state index contributed by atoms with van der Waals surface area (Å²) in [6.45, 7) is 3.78. The van der Waals surface area contributed by atoms with E-state index in [4.69, 9.17) is 9.47 Å². The van der Waals surface area contributed by atoms with Crippen LogP contribution in [0, 0.1) is 0 Å². The molecule has 2 aromatic carbocycles. The number of Topliss-reactive ketones (excluding diaryl/α,β-unsaturated/α-hetero) is 1. The standard InChI is InChI=1S/C22H24N2O4/c1-15(25)17-5-2-3-6-18(17)23-22(26)14-24-10-4-7-19(24)16-8-9-20-21(13-16)28-12-11-27-20/h2-3,5-6,8-9,13,19H,4,7,10-12,14H2,1H3,(H,23,26). The minimum atomic E-state index is -0.113. The summed E-state index contributed by atoms with van der Waals surface area (Å²) in [4.78, 5) is 26.6. The lowest BCUT2D eigenvalue weighted by Crippen LogP contribution is -2.33. The predicted molar refractivity (Wildman–Crippen MR) is 106 cm³/mol. The number of likely N-dealkylation sites (tertiary alicyclic amines) is 1. The van der Waals surface area contributed by atoms with Gasteiger partial charge in [0, 0.05) is 11.6 Å². The number of carbonyl (C=O) groups is 2. The highest BCUT2D eigenvalue weighted by Gasteiger charge is 2.29. The Morgan fingerprint density at radius 1 is 1.11 bits per heavy atom. The summed E-state index contributed by atoms with van der Waals surface area (Å²) >= 11 is 0. The van der Waals surface area contributed by atoms with Crippen molar-refractivity contribution in [1.29, 1.82) is 0 Å². The van der Waals surface area contributed by atoms with Crippen molar-refractivity contribution in [3.63, 3.8) is 0 Å². The van der Waals surface area contributed by atoms with Crippen LogP contribution in [0.25, 0.3) is 0 Å². The van der Waals surface area contributed by atoms with Crippen LogP contribution in [-0.2, 0) is 4.79 Å². The Balaban J connectivity index is 1.46. The summed E-state index contributed by atoms with van der Waals surface area (Å²) in [5.41, 5.74) is 2.23. The Kier molecular flexibility index (Phi) is 5.30. The fourth-order valence-corrected chi connectivity index (χ4v) is 3.93. The Labute approximate surface area is 164 Å². The monoisotopic (exact) mass is 380 g/mol. The summed E-state index contributed by atoms with van der Waals surface area (Å²) in [5, 5.41) is 2.89. The van der Waals surface area contributed by atoms with Crippen molar-refractivity contribution < 1.29 is 19.1 Å². The molecule has 146 valence electrons. The molecular formula is C22H24N2O4. The first-order chi connectivity index (χ1) is 13.6. The second-order valence-electron chi connectivity index (χ2n) is 7.18. The van der Waals surface area contributed by atoms with E-state index >= 15 is 0 Å². The third-order valence-electron chi connectivity index (χ3n) is 5.24. The maximum atomic E-state index is 12.6. The van der Waals surface area contributed by atoms with Gasteiger partial charge in [-0.05, 0) is 56.1 Å². The zero-order chi connectivity index (χ0) is 19.5. The van der Waals surface area contributed by atoms with Crippen LogP contribution in [-0.4, -0.2) is 42.9 Å². The lowest BCUT2D eigenvalue weighted by atomic mass is 10.0. The molecule has 6 heteroatoms. The first-order valence-corrected chi connectivity index (χ1v) is 9.65. The molecule has 1 saturated heterocycles. The zero-order valence-electron chi connectivity index (χ0n) is 15.9. The third kappa shape index (κ3) is 3.87. The number of carbonyl (C=O) groups excluding carboxylic acids is 2. The highest BCUT2D eigenvalue weighted by Crippen LogP contribution is 2.37. The summed E-state index contributed by atoms with van der Waals surface area (Å²) in [7, 11) is 0. The highest BCUT2D eigenvalue weighted by atomic mass is 16.6. The van der Waals surface area contributed by atoms with Crippen molar-refractivity contribution in [3.8, 4) is 11.5 Å². The van der Waals surface area contributed by atoms with Gasteiger partial charge in [0.05, 0.1) is 12.2 Å². The number of anilines is 1. The number of ketones is 1. The summed E-state index contributed by atoms with van der Waals surface area (Å²) < 4.78 is 11.3. The number of para-hydroxylation sites is 1. The van der Waals surface area contributed by atoms with Gasteiger partial charge in [0.15, 0.2) is 17.3 Å². The average Bonchev–Trinajstić information content (AvgIpc) is 3.15. The van der Waals surface area contributed by atoms with Crippen molar-refractivity contribution in [1.82, 2.24) is 4.90 Å². The van der Waals surface area contributed by atoms with E-state index < -0.39 is 0 Å². The molecule has 0 bridgehead atoms. The molecule has 1 unspecified atom stereocenters. The first-order valence-electron chi connectivity index (χ1n) is 9.65. The van der Waals surface area contributed by atoms with Gasteiger partial charge in [-0.25, -0.2) is 0 Å². The van der Waals surface area contributed by atoms with Crippen LogP contribution in [0.15, 0.2) is 42.5 Å². The molecule has 0 aromatic heterocycles. The fraction of sp³-hybridized carbons (Fsp3) is 0.364. The van der Waals surface area contributed by atoms with Gasteiger partial charge in [0.1, 0.15) is 13.2 Å². The summed E-state index contributed by atoms with van der Waals surface area (Å²) in [6, 6.07) is 13.3. The van der Waals surface area contributed by atoms with Gasteiger partial charge in [-0.2, -0.15) is 0 Å². The molecule has 0 spiro atoms. The van der Waals surface area contributed by atoms with Crippen molar-refractivity contribution >= 4 is 17.4 Å². The van der Waals surface area contributed by atoms with Gasteiger partial charge in [-0.1, -0.05) is 18.2 Å². The van der Waals surface area contributed by atoms with Crippen LogP contribution in [0.4, 0.5) is 5.69 Å². The smallest absolute Gasteiger partial charge is 0.238 e. The predicted octanol–water partition coefficient (Wildman–Crippen LogP) is 3.44. The average molecular weight is 380 g/mol. The topological polar surface area (TPSA) is 67.9 Å². The van der Waals surface area contributed by atoms with Crippen LogP contribution in [0.3, 0.4) is 0 Å². The van der Waals surface area contributed by atoms with E-state index in [9.17, 15) is 9.59 Å². The number of ether oxygens (including phenoxy) is 2. The minimum absolute atomic E-state index is 0.0637. The van der Waals surface area contributed by atoms with Crippen LogP contribution in [0.2, 0.25) is 0 Å². The highest BCUT2D eigenvalue weighted by molar-refractivity contribution is 6.04. The maximum absolute atomic E-state index is 12.6. The van der Waals surface area contributed by atoms with E-state index in [2.05, 4.69) is 16.3 Å². The zero-order valence-corrected chi connectivity index (χ0v) is 15.9. The molecule has 1 amide bonds. The van der Waals surface area contributed by atoms with Gasteiger partial charge in [-0.15, -0.1) is 0 Å². The van der Waals surface area contributed by atoms with Crippen LogP contribution in [0.1, 0.15) is 41.7 Å². The summed E-state index contributed by atoms with van der Waals surface area (Å²) in [5.74, 6) is 1.37. The number of nitrogens with zero attached hydrogens (tertiary/aromatic N) is 1. The van der Waals surface area contributed by atoms with E-state index in [1.807, 2.05) is 18.2 Å². The second-order valence-corrected chi connectivity index (χ2v) is 7.18. The molecule has 1 fully saturated rings. The second kappa shape index (κ2) is 8.02. The molecule has 2 aliphatic rings. The van der Waals surface area contributed by atoms with Crippen molar-refractivity contribution in [2.45, 2.75) is 25.8 Å². The van der Waals surface area contributed by atoms with Gasteiger partial charge in [0.2, 0.25) is 5.91 Å². The Bertz CT molecular complexity index is 896. The van der Waals surface area contributed by atoms with E-state index in [-0.39, 0.29) is 24.3 Å². The van der Waals surface area contributed by atoms with Crippen molar-refractivity contribution in [3.05, 3.63) is 53.6 Å². The molecule has 0 aliphatic carbocycles. The molecule has 28 heavy (non-hydrogen) atoms. The molecule has 0 radical (unpaired) electrons. The van der Waals surface area contributed by atoms with E-state index in [1.165, 1.54) is 6.92 Å². The van der Waals surface area contributed by atoms with Gasteiger partial charge in [-0.3, -0.25) is 14.5 Å². The number of rotatable bonds is 5. The van der Waals surface area contributed by atoms with Crippen molar-refractivity contribution in [2.75, 3.05) is 31.6 Å². The molecule has 2 aromatic rings. The quantitative estimate of drug-likeness (QED) is 0.805.